The van der Waals surface area contributed by atoms with Gasteiger partial charge in [0.05, 0.1) is 11.4 Å². The minimum Gasteiger partial charge on any atom is -0.352 e. The third kappa shape index (κ3) is 3.60. The Balaban J connectivity index is 1.56. The van der Waals surface area contributed by atoms with Gasteiger partial charge in [-0.25, -0.2) is 8.42 Å². The molecule has 0 unspecified atom stereocenters. The van der Waals surface area contributed by atoms with Gasteiger partial charge in [0.2, 0.25) is 5.91 Å². The van der Waals surface area contributed by atoms with Crippen molar-refractivity contribution in [3.63, 3.8) is 0 Å². The summed E-state index contributed by atoms with van der Waals surface area (Å²) in [6.07, 6.45) is 3.53. The molecule has 0 saturated carbocycles. The normalized spacial score (nSPS) is 16.4. The molecule has 7 nitrogen and oxygen atoms in total. The Morgan fingerprint density at radius 2 is 2.04 bits per heavy atom. The van der Waals surface area contributed by atoms with Gasteiger partial charge in [-0.3, -0.25) is 19.5 Å². The van der Waals surface area contributed by atoms with Crippen LogP contribution in [-0.2, 0) is 21.4 Å². The molecule has 24 heavy (non-hydrogen) atoms. The highest BCUT2D eigenvalue weighted by atomic mass is 32.2. The minimum atomic E-state index is -3.54. The molecule has 0 atom stereocenters. The van der Waals surface area contributed by atoms with Gasteiger partial charge in [-0.2, -0.15) is 0 Å². The van der Waals surface area contributed by atoms with Crippen LogP contribution in [0.2, 0.25) is 0 Å². The lowest BCUT2D eigenvalue weighted by atomic mass is 10.2. The van der Waals surface area contributed by atoms with Crippen molar-refractivity contribution in [2.45, 2.75) is 17.9 Å². The van der Waals surface area contributed by atoms with E-state index in [0.29, 0.717) is 12.1 Å². The van der Waals surface area contributed by atoms with Crippen LogP contribution in [0.15, 0.2) is 58.7 Å². The number of rotatable bonds is 5. The van der Waals surface area contributed by atoms with Gasteiger partial charge in [0.25, 0.3) is 10.0 Å². The molecule has 1 aliphatic heterocycles. The van der Waals surface area contributed by atoms with Crippen LogP contribution in [-0.4, -0.2) is 31.7 Å². The van der Waals surface area contributed by atoms with Crippen LogP contribution >= 0.6 is 0 Å². The lowest BCUT2D eigenvalue weighted by Crippen LogP contribution is -2.25. The van der Waals surface area contributed by atoms with Crippen LogP contribution in [0.5, 0.6) is 0 Å². The van der Waals surface area contributed by atoms with E-state index in [-0.39, 0.29) is 29.6 Å². The topological polar surface area (TPSA) is 101 Å². The number of benzene rings is 1. The summed E-state index contributed by atoms with van der Waals surface area (Å²) in [6, 6.07) is 10.3. The van der Waals surface area contributed by atoms with Crippen LogP contribution in [0.1, 0.15) is 17.5 Å². The SMILES string of the molecule is O=C(CCN=C1NS(=O)(=O)c2ccccc21)NCc1cccnc1. The minimum absolute atomic E-state index is 0.155. The van der Waals surface area contributed by atoms with Gasteiger partial charge >= 0.3 is 0 Å². The van der Waals surface area contributed by atoms with E-state index in [2.05, 4.69) is 20.0 Å². The molecule has 2 heterocycles. The van der Waals surface area contributed by atoms with Crippen LogP contribution in [0.4, 0.5) is 0 Å². The number of aromatic nitrogens is 1. The average Bonchev–Trinajstić information content (AvgIpc) is 2.85. The summed E-state index contributed by atoms with van der Waals surface area (Å²) < 4.78 is 26.3. The summed E-state index contributed by atoms with van der Waals surface area (Å²) in [7, 11) is -3.54. The summed E-state index contributed by atoms with van der Waals surface area (Å²) >= 11 is 0. The first-order valence-electron chi connectivity index (χ1n) is 7.38. The second-order valence-electron chi connectivity index (χ2n) is 5.22. The molecule has 2 N–H and O–H groups in total. The van der Waals surface area contributed by atoms with Crippen LogP contribution in [0.25, 0.3) is 0 Å². The third-order valence-corrected chi connectivity index (χ3v) is 4.88. The smallest absolute Gasteiger partial charge is 0.263 e. The Kier molecular flexibility index (Phi) is 4.57. The molecule has 1 aliphatic rings. The Morgan fingerprint density at radius 1 is 1.21 bits per heavy atom. The van der Waals surface area contributed by atoms with Gasteiger partial charge in [-0.15, -0.1) is 0 Å². The maximum Gasteiger partial charge on any atom is 0.263 e. The zero-order valence-electron chi connectivity index (χ0n) is 12.8. The second kappa shape index (κ2) is 6.79. The van der Waals surface area contributed by atoms with E-state index in [9.17, 15) is 13.2 Å². The van der Waals surface area contributed by atoms with E-state index in [1.807, 2.05) is 6.07 Å². The quantitative estimate of drug-likeness (QED) is 0.839. The zero-order valence-corrected chi connectivity index (χ0v) is 13.6. The number of hydrogen-bond donors (Lipinski definition) is 2. The zero-order chi connectivity index (χ0) is 17.0. The highest BCUT2D eigenvalue weighted by Crippen LogP contribution is 2.22. The molecular formula is C16H16N4O3S. The molecule has 0 bridgehead atoms. The number of amides is 1. The number of hydrogen-bond acceptors (Lipinski definition) is 5. The molecule has 1 amide bonds. The van der Waals surface area contributed by atoms with Gasteiger partial charge in [0.15, 0.2) is 0 Å². The molecule has 8 heteroatoms. The highest BCUT2D eigenvalue weighted by molar-refractivity contribution is 7.90. The predicted molar refractivity (Wildman–Crippen MR) is 88.9 cm³/mol. The molecule has 2 aromatic rings. The van der Waals surface area contributed by atoms with Crippen molar-refractivity contribution >= 4 is 21.8 Å². The fourth-order valence-corrected chi connectivity index (χ4v) is 3.56. The maximum atomic E-state index is 11.9. The number of carbonyl (C=O) groups is 1. The van der Waals surface area contributed by atoms with E-state index in [0.717, 1.165) is 5.56 Å². The van der Waals surface area contributed by atoms with Crippen molar-refractivity contribution < 1.29 is 13.2 Å². The number of amidine groups is 1. The molecule has 0 spiro atoms. The standard InChI is InChI=1S/C16H16N4O3S/c21-15(19-11-12-4-3-8-17-10-12)7-9-18-16-13-5-1-2-6-14(13)24(22,23)20-16/h1-6,8,10H,7,9,11H2,(H,18,20)(H,19,21). The first-order valence-corrected chi connectivity index (χ1v) is 8.87. The first-order chi connectivity index (χ1) is 11.6. The van der Waals surface area contributed by atoms with Crippen LogP contribution in [0, 0.1) is 0 Å². The Hall–Kier alpha value is -2.74. The number of sulfonamides is 1. The number of nitrogens with one attached hydrogen (secondary N) is 2. The van der Waals surface area contributed by atoms with Crippen LogP contribution < -0.4 is 10.0 Å². The number of carbonyl (C=O) groups excluding carboxylic acids is 1. The van der Waals surface area contributed by atoms with E-state index >= 15 is 0 Å². The van der Waals surface area contributed by atoms with Crippen LogP contribution in [0.3, 0.4) is 0 Å². The largest absolute Gasteiger partial charge is 0.352 e. The predicted octanol–water partition coefficient (Wildman–Crippen LogP) is 0.827. The second-order valence-corrected chi connectivity index (χ2v) is 6.87. The molecule has 0 fully saturated rings. The van der Waals surface area contributed by atoms with Crippen molar-refractivity contribution in [3.05, 3.63) is 59.9 Å². The van der Waals surface area contributed by atoms with Crippen molar-refractivity contribution in [1.82, 2.24) is 15.0 Å². The van der Waals surface area contributed by atoms with Gasteiger partial charge in [-0.05, 0) is 23.8 Å². The molecule has 124 valence electrons. The van der Waals surface area contributed by atoms with E-state index < -0.39 is 10.0 Å². The fourth-order valence-electron chi connectivity index (χ4n) is 2.31. The van der Waals surface area contributed by atoms with Crippen molar-refractivity contribution in [1.29, 1.82) is 0 Å². The molecule has 1 aromatic carbocycles. The maximum absolute atomic E-state index is 11.9. The first kappa shape index (κ1) is 16.1. The summed E-state index contributed by atoms with van der Waals surface area (Å²) in [6.45, 7) is 0.601. The van der Waals surface area contributed by atoms with E-state index in [4.69, 9.17) is 0 Å². The number of nitrogens with zero attached hydrogens (tertiary/aromatic N) is 2. The molecular weight excluding hydrogens is 328 g/mol. The number of aliphatic imine (C=N–C) groups is 1. The van der Waals surface area contributed by atoms with Gasteiger partial charge in [0, 0.05) is 30.9 Å². The van der Waals surface area contributed by atoms with E-state index in [1.165, 1.54) is 6.07 Å². The number of fused-ring (bicyclic) bond motifs is 1. The molecule has 0 radical (unpaired) electrons. The van der Waals surface area contributed by atoms with Crippen molar-refractivity contribution in [3.8, 4) is 0 Å². The van der Waals surface area contributed by atoms with Crippen molar-refractivity contribution in [2.75, 3.05) is 6.54 Å². The Labute approximate surface area is 139 Å². The Bertz CT molecular complexity index is 879. The summed E-state index contributed by atoms with van der Waals surface area (Å²) in [4.78, 5) is 20.2. The monoisotopic (exact) mass is 344 g/mol. The average molecular weight is 344 g/mol. The Morgan fingerprint density at radius 3 is 2.83 bits per heavy atom. The summed E-state index contributed by atoms with van der Waals surface area (Å²) in [5, 5.41) is 2.77. The van der Waals surface area contributed by atoms with Gasteiger partial charge in [-0.1, -0.05) is 18.2 Å². The van der Waals surface area contributed by atoms with Gasteiger partial charge < -0.3 is 5.32 Å². The van der Waals surface area contributed by atoms with Crippen molar-refractivity contribution in [2.24, 2.45) is 4.99 Å². The third-order valence-electron chi connectivity index (χ3n) is 3.48. The lowest BCUT2D eigenvalue weighted by molar-refractivity contribution is -0.121. The molecule has 3 rings (SSSR count). The van der Waals surface area contributed by atoms with Gasteiger partial charge in [0.1, 0.15) is 5.84 Å². The summed E-state index contributed by atoms with van der Waals surface area (Å²) in [5.74, 6) is 0.128. The molecule has 0 saturated heterocycles. The fraction of sp³-hybridized carbons (Fsp3) is 0.188. The lowest BCUT2D eigenvalue weighted by Gasteiger charge is -2.04. The van der Waals surface area contributed by atoms with E-state index in [1.54, 1.807) is 36.7 Å². The highest BCUT2D eigenvalue weighted by Gasteiger charge is 2.29. The molecule has 0 aliphatic carbocycles. The molecule has 1 aromatic heterocycles. The summed E-state index contributed by atoms with van der Waals surface area (Å²) in [5.41, 5.74) is 1.45. The number of pyridine rings is 1.